The minimum absolute atomic E-state index is 0.192. The van der Waals surface area contributed by atoms with Crippen LogP contribution >= 0.6 is 23.2 Å². The van der Waals surface area contributed by atoms with Gasteiger partial charge < -0.3 is 20.7 Å². The first-order valence-corrected chi connectivity index (χ1v) is 9.27. The summed E-state index contributed by atoms with van der Waals surface area (Å²) in [4.78, 5) is 37.1. The van der Waals surface area contributed by atoms with Crippen molar-refractivity contribution in [3.63, 3.8) is 0 Å². The lowest BCUT2D eigenvalue weighted by molar-refractivity contribution is -0.119. The van der Waals surface area contributed by atoms with Crippen molar-refractivity contribution in [2.75, 3.05) is 12.4 Å². The second kappa shape index (κ2) is 8.55. The Morgan fingerprint density at radius 2 is 1.90 bits per heavy atom. The van der Waals surface area contributed by atoms with Crippen LogP contribution in [-0.2, 0) is 9.53 Å². The van der Waals surface area contributed by atoms with E-state index in [2.05, 4.69) is 22.5 Å². The van der Waals surface area contributed by atoms with E-state index in [0.29, 0.717) is 15.6 Å². The number of urea groups is 1. The number of para-hydroxylation sites is 1. The van der Waals surface area contributed by atoms with Crippen LogP contribution in [0.1, 0.15) is 22.0 Å². The summed E-state index contributed by atoms with van der Waals surface area (Å²) >= 11 is 12.3. The molecule has 9 heteroatoms. The quantitative estimate of drug-likeness (QED) is 0.636. The van der Waals surface area contributed by atoms with Crippen LogP contribution in [0.4, 0.5) is 10.5 Å². The average molecular weight is 434 g/mol. The summed E-state index contributed by atoms with van der Waals surface area (Å²) in [7, 11) is 1.25. The fourth-order valence-corrected chi connectivity index (χ4v) is 3.62. The maximum absolute atomic E-state index is 13.1. The molecule has 2 aromatic carbocycles. The SMILES string of the molecule is C=C1NC(=O)N[C@H](c2ccc(Cl)cc2Cl)[C@H]1C(=O)Nc1ccccc1C(=O)OC. The first-order valence-electron chi connectivity index (χ1n) is 8.51. The van der Waals surface area contributed by atoms with Gasteiger partial charge in [0, 0.05) is 15.7 Å². The minimum Gasteiger partial charge on any atom is -0.465 e. The van der Waals surface area contributed by atoms with E-state index >= 15 is 0 Å². The van der Waals surface area contributed by atoms with Crippen LogP contribution in [0.25, 0.3) is 0 Å². The van der Waals surface area contributed by atoms with Crippen molar-refractivity contribution in [2.45, 2.75) is 6.04 Å². The van der Waals surface area contributed by atoms with Crippen molar-refractivity contribution in [1.82, 2.24) is 10.6 Å². The highest BCUT2D eigenvalue weighted by Gasteiger charge is 2.39. The summed E-state index contributed by atoms with van der Waals surface area (Å²) in [5.41, 5.74) is 1.17. The molecule has 1 fully saturated rings. The van der Waals surface area contributed by atoms with Crippen LogP contribution in [0.2, 0.25) is 10.0 Å². The molecule has 0 radical (unpaired) electrons. The molecule has 7 nitrogen and oxygen atoms in total. The van der Waals surface area contributed by atoms with E-state index in [1.165, 1.54) is 19.2 Å². The van der Waals surface area contributed by atoms with Crippen LogP contribution < -0.4 is 16.0 Å². The summed E-state index contributed by atoms with van der Waals surface area (Å²) < 4.78 is 4.75. The zero-order valence-corrected chi connectivity index (χ0v) is 16.8. The number of halogens is 2. The fraction of sp³-hybridized carbons (Fsp3) is 0.150. The Labute approximate surface area is 177 Å². The van der Waals surface area contributed by atoms with Gasteiger partial charge in [-0.25, -0.2) is 9.59 Å². The minimum atomic E-state index is -0.905. The summed E-state index contributed by atoms with van der Waals surface area (Å²) in [6.07, 6.45) is 0. The molecule has 1 heterocycles. The molecule has 0 bridgehead atoms. The molecule has 150 valence electrons. The molecule has 1 aliphatic heterocycles. The second-order valence-corrected chi connectivity index (χ2v) is 7.11. The van der Waals surface area contributed by atoms with Crippen molar-refractivity contribution < 1.29 is 19.1 Å². The first-order chi connectivity index (χ1) is 13.8. The summed E-state index contributed by atoms with van der Waals surface area (Å²) in [5.74, 6) is -1.99. The van der Waals surface area contributed by atoms with Gasteiger partial charge in [-0.15, -0.1) is 0 Å². The molecule has 1 saturated heterocycles. The van der Waals surface area contributed by atoms with E-state index in [-0.39, 0.29) is 16.9 Å². The van der Waals surface area contributed by atoms with E-state index in [1.54, 1.807) is 30.3 Å². The highest BCUT2D eigenvalue weighted by atomic mass is 35.5. The molecule has 0 aliphatic carbocycles. The maximum atomic E-state index is 13.1. The molecule has 2 aromatic rings. The van der Waals surface area contributed by atoms with Crippen LogP contribution in [0.3, 0.4) is 0 Å². The predicted molar refractivity (Wildman–Crippen MR) is 110 cm³/mol. The number of hydrogen-bond acceptors (Lipinski definition) is 4. The molecule has 2 atom stereocenters. The predicted octanol–water partition coefficient (Wildman–Crippen LogP) is 3.90. The number of anilines is 1. The van der Waals surface area contributed by atoms with E-state index in [0.717, 1.165) is 0 Å². The van der Waals surface area contributed by atoms with Crippen LogP contribution in [0.5, 0.6) is 0 Å². The zero-order chi connectivity index (χ0) is 21.1. The smallest absolute Gasteiger partial charge is 0.339 e. The van der Waals surface area contributed by atoms with E-state index in [4.69, 9.17) is 27.9 Å². The van der Waals surface area contributed by atoms with E-state index in [9.17, 15) is 14.4 Å². The molecular formula is C20H17Cl2N3O4. The van der Waals surface area contributed by atoms with Gasteiger partial charge in [0.05, 0.1) is 24.4 Å². The molecule has 0 saturated carbocycles. The number of hydrogen-bond donors (Lipinski definition) is 3. The van der Waals surface area contributed by atoms with E-state index < -0.39 is 29.9 Å². The number of methoxy groups -OCH3 is 1. The van der Waals surface area contributed by atoms with Gasteiger partial charge in [-0.2, -0.15) is 0 Å². The van der Waals surface area contributed by atoms with Gasteiger partial charge in [0.15, 0.2) is 0 Å². The number of benzene rings is 2. The standard InChI is InChI=1S/C20H17Cl2N3O4/c1-10-16(18(26)24-15-6-4-3-5-13(15)19(27)29-2)17(25-20(28)23-10)12-8-7-11(21)9-14(12)22/h3-9,16-17H,1H2,2H3,(H,24,26)(H2,23,25,28)/t16-,17+/m0/s1. The number of nitrogens with one attached hydrogen (secondary N) is 3. The van der Waals surface area contributed by atoms with Crippen molar-refractivity contribution >= 4 is 46.8 Å². The number of carbonyl (C=O) groups is 3. The van der Waals surface area contributed by atoms with Crippen molar-refractivity contribution in [3.8, 4) is 0 Å². The Bertz CT molecular complexity index is 1010. The highest BCUT2D eigenvalue weighted by molar-refractivity contribution is 6.35. The number of amides is 3. The summed E-state index contributed by atoms with van der Waals surface area (Å²) in [6.45, 7) is 3.81. The van der Waals surface area contributed by atoms with Gasteiger partial charge in [0.2, 0.25) is 5.91 Å². The topological polar surface area (TPSA) is 96.5 Å². The molecule has 0 unspecified atom stereocenters. The largest absolute Gasteiger partial charge is 0.465 e. The molecule has 0 aromatic heterocycles. The number of esters is 1. The first kappa shape index (κ1) is 20.7. The van der Waals surface area contributed by atoms with Gasteiger partial charge in [0.1, 0.15) is 5.92 Å². The molecule has 3 rings (SSSR count). The third kappa shape index (κ3) is 4.36. The third-order valence-electron chi connectivity index (χ3n) is 4.44. The van der Waals surface area contributed by atoms with Gasteiger partial charge in [0.25, 0.3) is 0 Å². The lowest BCUT2D eigenvalue weighted by Gasteiger charge is -2.34. The van der Waals surface area contributed by atoms with Crippen molar-refractivity contribution in [1.29, 1.82) is 0 Å². The Morgan fingerprint density at radius 1 is 1.17 bits per heavy atom. The normalized spacial score (nSPS) is 18.4. The molecule has 29 heavy (non-hydrogen) atoms. The van der Waals surface area contributed by atoms with Crippen molar-refractivity contribution in [2.24, 2.45) is 5.92 Å². The monoisotopic (exact) mass is 433 g/mol. The van der Waals surface area contributed by atoms with Crippen molar-refractivity contribution in [3.05, 3.63) is 75.9 Å². The third-order valence-corrected chi connectivity index (χ3v) is 5.00. The summed E-state index contributed by atoms with van der Waals surface area (Å²) in [5, 5.41) is 8.64. The van der Waals surface area contributed by atoms with Crippen LogP contribution in [0, 0.1) is 5.92 Å². The van der Waals surface area contributed by atoms with E-state index in [1.807, 2.05) is 0 Å². The molecule has 1 aliphatic rings. The number of rotatable bonds is 4. The lowest BCUT2D eigenvalue weighted by Crippen LogP contribution is -2.52. The molecular weight excluding hydrogens is 417 g/mol. The van der Waals surface area contributed by atoms with Crippen LogP contribution in [-0.4, -0.2) is 25.0 Å². The Balaban J connectivity index is 1.96. The fourth-order valence-electron chi connectivity index (χ4n) is 3.10. The van der Waals surface area contributed by atoms with Gasteiger partial charge >= 0.3 is 12.0 Å². The van der Waals surface area contributed by atoms with Crippen LogP contribution in [0.15, 0.2) is 54.7 Å². The molecule has 3 N–H and O–H groups in total. The molecule has 0 spiro atoms. The zero-order valence-electron chi connectivity index (χ0n) is 15.3. The average Bonchev–Trinajstić information content (AvgIpc) is 2.67. The van der Waals surface area contributed by atoms with Gasteiger partial charge in [-0.3, -0.25) is 4.79 Å². The summed E-state index contributed by atoms with van der Waals surface area (Å²) in [6, 6.07) is 9.91. The number of carbonyl (C=O) groups excluding carboxylic acids is 3. The van der Waals surface area contributed by atoms with Gasteiger partial charge in [-0.05, 0) is 29.8 Å². The maximum Gasteiger partial charge on any atom is 0.339 e. The Morgan fingerprint density at radius 3 is 2.59 bits per heavy atom. The lowest BCUT2D eigenvalue weighted by atomic mass is 9.88. The highest BCUT2D eigenvalue weighted by Crippen LogP contribution is 2.35. The number of ether oxygens (including phenoxy) is 1. The Hall–Kier alpha value is -3.03. The molecule has 3 amide bonds. The second-order valence-electron chi connectivity index (χ2n) is 6.27. The van der Waals surface area contributed by atoms with Gasteiger partial charge in [-0.1, -0.05) is 48.0 Å². The Kier molecular flexibility index (Phi) is 6.10.